The summed E-state index contributed by atoms with van der Waals surface area (Å²) in [6, 6.07) is 12.3. The number of ether oxygens (including phenoxy) is 2. The molecular weight excluding hydrogens is 320 g/mol. The van der Waals surface area contributed by atoms with E-state index in [2.05, 4.69) is 15.0 Å². The third-order valence-corrected chi connectivity index (χ3v) is 3.35. The summed E-state index contributed by atoms with van der Waals surface area (Å²) in [5.41, 5.74) is 1.99. The lowest BCUT2D eigenvalue weighted by atomic mass is 10.3. The Hall–Kier alpha value is -2.73. The van der Waals surface area contributed by atoms with Crippen LogP contribution < -0.4 is 10.1 Å². The molecule has 0 fully saturated rings. The Morgan fingerprint density at radius 1 is 1.30 bits per heavy atom. The largest absolute Gasteiger partial charge is 0.482 e. The van der Waals surface area contributed by atoms with E-state index in [0.29, 0.717) is 27.9 Å². The predicted molar refractivity (Wildman–Crippen MR) is 85.8 cm³/mol. The maximum absolute atomic E-state index is 11.1. The summed E-state index contributed by atoms with van der Waals surface area (Å²) in [7, 11) is 1.29. The molecule has 0 bridgehead atoms. The van der Waals surface area contributed by atoms with E-state index in [9.17, 15) is 4.79 Å². The number of nitrogens with one attached hydrogen (secondary N) is 1. The molecule has 3 rings (SSSR count). The van der Waals surface area contributed by atoms with Gasteiger partial charge in [0, 0.05) is 5.69 Å². The fourth-order valence-electron chi connectivity index (χ4n) is 1.99. The number of para-hydroxylation sites is 2. The first-order chi connectivity index (χ1) is 11.2. The lowest BCUT2D eigenvalue weighted by Gasteiger charge is -2.08. The number of carbonyl (C=O) groups is 1. The Morgan fingerprint density at radius 2 is 2.13 bits per heavy atom. The van der Waals surface area contributed by atoms with Crippen LogP contribution in [0.15, 0.2) is 46.9 Å². The van der Waals surface area contributed by atoms with Gasteiger partial charge in [0.2, 0.25) is 5.89 Å². The molecule has 0 aliphatic rings. The highest BCUT2D eigenvalue weighted by Crippen LogP contribution is 2.28. The van der Waals surface area contributed by atoms with E-state index in [-0.39, 0.29) is 6.61 Å². The Labute approximate surface area is 137 Å². The van der Waals surface area contributed by atoms with Crippen LogP contribution in [0.25, 0.3) is 11.1 Å². The van der Waals surface area contributed by atoms with Crippen LogP contribution in [0.1, 0.15) is 5.89 Å². The van der Waals surface area contributed by atoms with Gasteiger partial charge >= 0.3 is 6.09 Å². The van der Waals surface area contributed by atoms with Crippen molar-refractivity contribution in [1.29, 1.82) is 0 Å². The minimum atomic E-state index is -0.568. The van der Waals surface area contributed by atoms with Crippen molar-refractivity contribution in [2.75, 3.05) is 12.4 Å². The summed E-state index contributed by atoms with van der Waals surface area (Å²) >= 11 is 6.13. The first-order valence-electron chi connectivity index (χ1n) is 6.77. The van der Waals surface area contributed by atoms with Crippen LogP contribution in [0, 0.1) is 0 Å². The summed E-state index contributed by atoms with van der Waals surface area (Å²) in [6.45, 7) is 0.151. The highest BCUT2D eigenvalue weighted by molar-refractivity contribution is 6.32. The molecule has 7 heteroatoms. The lowest BCUT2D eigenvalue weighted by molar-refractivity contribution is 0.187. The highest BCUT2D eigenvalue weighted by Gasteiger charge is 2.09. The Kier molecular flexibility index (Phi) is 4.34. The van der Waals surface area contributed by atoms with Crippen molar-refractivity contribution < 1.29 is 18.7 Å². The first kappa shape index (κ1) is 15.2. The molecule has 23 heavy (non-hydrogen) atoms. The normalized spacial score (nSPS) is 10.5. The first-order valence-corrected chi connectivity index (χ1v) is 7.15. The Morgan fingerprint density at radius 3 is 2.87 bits per heavy atom. The van der Waals surface area contributed by atoms with Crippen LogP contribution in [-0.2, 0) is 11.3 Å². The van der Waals surface area contributed by atoms with Crippen molar-refractivity contribution in [3.63, 3.8) is 0 Å². The number of hydrogen-bond acceptors (Lipinski definition) is 5. The van der Waals surface area contributed by atoms with Crippen molar-refractivity contribution in [3.05, 3.63) is 53.4 Å². The molecule has 1 amide bonds. The van der Waals surface area contributed by atoms with Gasteiger partial charge in [-0.25, -0.2) is 9.78 Å². The maximum atomic E-state index is 11.1. The average Bonchev–Trinajstić information content (AvgIpc) is 2.96. The van der Waals surface area contributed by atoms with E-state index >= 15 is 0 Å². The summed E-state index contributed by atoms with van der Waals surface area (Å²) in [4.78, 5) is 15.5. The van der Waals surface area contributed by atoms with Crippen LogP contribution in [0.3, 0.4) is 0 Å². The quantitative estimate of drug-likeness (QED) is 0.773. The topological polar surface area (TPSA) is 73.6 Å². The second kappa shape index (κ2) is 6.58. The Balaban J connectivity index is 1.69. The molecule has 0 atom stereocenters. The number of benzene rings is 2. The second-order valence-corrected chi connectivity index (χ2v) is 5.03. The summed E-state index contributed by atoms with van der Waals surface area (Å²) in [5.74, 6) is 0.920. The molecule has 1 aromatic heterocycles. The number of hydrogen-bond donors (Lipinski definition) is 1. The Bertz CT molecular complexity index is 814. The third kappa shape index (κ3) is 3.54. The fraction of sp³-hybridized carbons (Fsp3) is 0.125. The number of halogens is 1. The van der Waals surface area contributed by atoms with E-state index in [1.54, 1.807) is 18.2 Å². The number of carbonyl (C=O) groups excluding carboxylic acids is 1. The minimum absolute atomic E-state index is 0.151. The maximum Gasteiger partial charge on any atom is 0.411 e. The molecule has 2 aromatic carbocycles. The molecule has 6 nitrogen and oxygen atoms in total. The van der Waals surface area contributed by atoms with Gasteiger partial charge in [0.05, 0.1) is 12.1 Å². The molecule has 0 saturated carbocycles. The van der Waals surface area contributed by atoms with Crippen LogP contribution in [-0.4, -0.2) is 18.2 Å². The minimum Gasteiger partial charge on any atom is -0.482 e. The molecule has 1 heterocycles. The average molecular weight is 333 g/mol. The van der Waals surface area contributed by atoms with Gasteiger partial charge in [-0.1, -0.05) is 23.7 Å². The van der Waals surface area contributed by atoms with Gasteiger partial charge in [-0.05, 0) is 30.3 Å². The lowest BCUT2D eigenvalue weighted by Crippen LogP contribution is -2.10. The summed E-state index contributed by atoms with van der Waals surface area (Å²) in [6.07, 6.45) is -0.568. The highest BCUT2D eigenvalue weighted by atomic mass is 35.5. The molecule has 0 aliphatic carbocycles. The van der Waals surface area contributed by atoms with Gasteiger partial charge in [-0.15, -0.1) is 0 Å². The molecular formula is C16H13ClN2O4. The molecule has 1 N–H and O–H groups in total. The molecule has 3 aromatic rings. The molecule has 118 valence electrons. The van der Waals surface area contributed by atoms with Crippen LogP contribution in [0.2, 0.25) is 5.02 Å². The number of fused-ring (bicyclic) bond motifs is 1. The van der Waals surface area contributed by atoms with E-state index in [4.69, 9.17) is 20.8 Å². The van der Waals surface area contributed by atoms with Gasteiger partial charge in [-0.3, -0.25) is 5.32 Å². The smallest absolute Gasteiger partial charge is 0.411 e. The standard InChI is InChI=1S/C16H13ClN2O4/c1-21-16(20)18-10-6-7-13(11(17)8-10)22-9-15-19-12-4-2-3-5-14(12)23-15/h2-8H,9H2,1H3,(H,18,20). The van der Waals surface area contributed by atoms with Gasteiger partial charge in [0.1, 0.15) is 11.3 Å². The van der Waals surface area contributed by atoms with Crippen LogP contribution >= 0.6 is 11.6 Å². The number of anilines is 1. The molecule has 0 radical (unpaired) electrons. The molecule has 0 spiro atoms. The number of aromatic nitrogens is 1. The van der Waals surface area contributed by atoms with Crippen molar-refractivity contribution in [1.82, 2.24) is 4.98 Å². The van der Waals surface area contributed by atoms with E-state index in [1.165, 1.54) is 7.11 Å². The fourth-order valence-corrected chi connectivity index (χ4v) is 2.22. The molecule has 0 unspecified atom stereocenters. The number of oxazole rings is 1. The van der Waals surface area contributed by atoms with E-state index in [0.717, 1.165) is 5.52 Å². The zero-order valence-electron chi connectivity index (χ0n) is 12.2. The summed E-state index contributed by atoms with van der Waals surface area (Å²) < 4.78 is 15.7. The van der Waals surface area contributed by atoms with Crippen molar-refractivity contribution in [2.24, 2.45) is 0 Å². The second-order valence-electron chi connectivity index (χ2n) is 4.63. The summed E-state index contributed by atoms with van der Waals surface area (Å²) in [5, 5.41) is 2.88. The van der Waals surface area contributed by atoms with Gasteiger partial charge in [-0.2, -0.15) is 0 Å². The van der Waals surface area contributed by atoms with Crippen molar-refractivity contribution in [2.45, 2.75) is 6.61 Å². The monoisotopic (exact) mass is 332 g/mol. The molecule has 0 saturated heterocycles. The number of methoxy groups -OCH3 is 1. The number of amides is 1. The third-order valence-electron chi connectivity index (χ3n) is 3.05. The SMILES string of the molecule is COC(=O)Nc1ccc(OCc2nc3ccccc3o2)c(Cl)c1. The van der Waals surface area contributed by atoms with Crippen molar-refractivity contribution in [3.8, 4) is 5.75 Å². The zero-order valence-corrected chi connectivity index (χ0v) is 13.0. The van der Waals surface area contributed by atoms with Crippen molar-refractivity contribution >= 4 is 34.5 Å². The van der Waals surface area contributed by atoms with Gasteiger partial charge in [0.15, 0.2) is 12.2 Å². The van der Waals surface area contributed by atoms with E-state index < -0.39 is 6.09 Å². The zero-order chi connectivity index (χ0) is 16.2. The van der Waals surface area contributed by atoms with Crippen LogP contribution in [0.4, 0.5) is 10.5 Å². The van der Waals surface area contributed by atoms with E-state index in [1.807, 2.05) is 24.3 Å². The van der Waals surface area contributed by atoms with Crippen LogP contribution in [0.5, 0.6) is 5.75 Å². The van der Waals surface area contributed by atoms with Gasteiger partial charge < -0.3 is 13.9 Å². The number of rotatable bonds is 4. The van der Waals surface area contributed by atoms with Gasteiger partial charge in [0.25, 0.3) is 0 Å². The predicted octanol–water partition coefficient (Wildman–Crippen LogP) is 4.24. The number of nitrogens with zero attached hydrogens (tertiary/aromatic N) is 1. The molecule has 0 aliphatic heterocycles.